The van der Waals surface area contributed by atoms with Crippen LogP contribution in [0.25, 0.3) is 0 Å². The molecule has 0 atom stereocenters. The van der Waals surface area contributed by atoms with E-state index in [1.165, 1.54) is 5.56 Å². The molecule has 3 aromatic rings. The number of ether oxygens (including phenoxy) is 1. The van der Waals surface area contributed by atoms with Gasteiger partial charge in [-0.1, -0.05) is 30.3 Å². The van der Waals surface area contributed by atoms with Gasteiger partial charge in [0.15, 0.2) is 0 Å². The summed E-state index contributed by atoms with van der Waals surface area (Å²) >= 11 is 0. The number of carbonyl (C=O) groups is 2. The van der Waals surface area contributed by atoms with E-state index in [1.54, 1.807) is 24.3 Å². The number of carbonyl (C=O) groups excluding carboxylic acids is 2. The lowest BCUT2D eigenvalue weighted by molar-refractivity contribution is -0.114. The van der Waals surface area contributed by atoms with Crippen LogP contribution >= 0.6 is 0 Å². The lowest BCUT2D eigenvalue weighted by Crippen LogP contribution is -2.30. The third-order valence-electron chi connectivity index (χ3n) is 4.66. The van der Waals surface area contributed by atoms with Crippen LogP contribution < -0.4 is 20.7 Å². The molecule has 0 fully saturated rings. The van der Waals surface area contributed by atoms with Gasteiger partial charge in [0.1, 0.15) is 5.75 Å². The fourth-order valence-electron chi connectivity index (χ4n) is 3.04. The first kappa shape index (κ1) is 22.9. The van der Waals surface area contributed by atoms with Gasteiger partial charge in [0.2, 0.25) is 5.91 Å². The highest BCUT2D eigenvalue weighted by atomic mass is 16.5. The predicted molar refractivity (Wildman–Crippen MR) is 128 cm³/mol. The lowest BCUT2D eigenvalue weighted by Gasteiger charge is -2.11. The second kappa shape index (κ2) is 11.6. The summed E-state index contributed by atoms with van der Waals surface area (Å²) in [5.41, 5.74) is 3.29. The van der Waals surface area contributed by atoms with Crippen molar-refractivity contribution >= 4 is 23.2 Å². The van der Waals surface area contributed by atoms with Crippen LogP contribution in [0.4, 0.5) is 11.4 Å². The van der Waals surface area contributed by atoms with Crippen molar-refractivity contribution in [3.8, 4) is 5.75 Å². The molecule has 0 bridgehead atoms. The van der Waals surface area contributed by atoms with Crippen LogP contribution in [0.5, 0.6) is 5.75 Å². The summed E-state index contributed by atoms with van der Waals surface area (Å²) < 4.78 is 5.77. The van der Waals surface area contributed by atoms with Crippen molar-refractivity contribution in [1.29, 1.82) is 0 Å². The quantitative estimate of drug-likeness (QED) is 0.442. The average Bonchev–Trinajstić information content (AvgIpc) is 2.79. The first-order valence-corrected chi connectivity index (χ1v) is 10.7. The van der Waals surface area contributed by atoms with E-state index in [4.69, 9.17) is 4.74 Å². The number of rotatable bonds is 10. The molecular formula is C26H29N3O3. The predicted octanol–water partition coefficient (Wildman–Crippen LogP) is 4.50. The normalized spacial score (nSPS) is 10.5. The highest BCUT2D eigenvalue weighted by Crippen LogP contribution is 2.16. The van der Waals surface area contributed by atoms with Crippen molar-refractivity contribution in [2.24, 2.45) is 0 Å². The minimum Gasteiger partial charge on any atom is -0.493 e. The number of nitrogens with one attached hydrogen (secondary N) is 3. The first-order chi connectivity index (χ1) is 15.5. The average molecular weight is 432 g/mol. The SMILES string of the molecule is CC(C)NC(=O)c1ccc(NCC(=O)Nc2ccc(OCCc3ccccc3)cc2)cc1. The molecule has 0 radical (unpaired) electrons. The van der Waals surface area contributed by atoms with E-state index >= 15 is 0 Å². The van der Waals surface area contributed by atoms with Crippen molar-refractivity contribution in [1.82, 2.24) is 5.32 Å². The van der Waals surface area contributed by atoms with E-state index in [2.05, 4.69) is 28.1 Å². The Morgan fingerprint density at radius 3 is 2.16 bits per heavy atom. The third-order valence-corrected chi connectivity index (χ3v) is 4.66. The minimum atomic E-state index is -0.163. The molecule has 3 aromatic carbocycles. The maximum Gasteiger partial charge on any atom is 0.251 e. The number of anilines is 2. The van der Waals surface area contributed by atoms with E-state index in [0.29, 0.717) is 17.9 Å². The van der Waals surface area contributed by atoms with Gasteiger partial charge in [-0.2, -0.15) is 0 Å². The summed E-state index contributed by atoms with van der Waals surface area (Å²) in [6.07, 6.45) is 0.842. The third kappa shape index (κ3) is 7.47. The van der Waals surface area contributed by atoms with E-state index < -0.39 is 0 Å². The van der Waals surface area contributed by atoms with Gasteiger partial charge < -0.3 is 20.7 Å². The molecule has 0 aliphatic rings. The van der Waals surface area contributed by atoms with Crippen molar-refractivity contribution < 1.29 is 14.3 Å². The number of amides is 2. The van der Waals surface area contributed by atoms with E-state index in [-0.39, 0.29) is 24.4 Å². The summed E-state index contributed by atoms with van der Waals surface area (Å²) in [7, 11) is 0. The molecule has 0 aliphatic heterocycles. The molecule has 6 nitrogen and oxygen atoms in total. The Kier molecular flexibility index (Phi) is 8.26. The van der Waals surface area contributed by atoms with Gasteiger partial charge in [0.05, 0.1) is 13.2 Å². The van der Waals surface area contributed by atoms with Gasteiger partial charge in [0, 0.05) is 29.4 Å². The van der Waals surface area contributed by atoms with Gasteiger partial charge in [-0.05, 0) is 67.9 Å². The van der Waals surface area contributed by atoms with Crippen LogP contribution in [0.3, 0.4) is 0 Å². The molecule has 0 aliphatic carbocycles. The largest absolute Gasteiger partial charge is 0.493 e. The molecule has 6 heteroatoms. The smallest absolute Gasteiger partial charge is 0.251 e. The molecule has 0 saturated carbocycles. The number of benzene rings is 3. The fraction of sp³-hybridized carbons (Fsp3) is 0.231. The molecule has 0 spiro atoms. The van der Waals surface area contributed by atoms with Crippen molar-refractivity contribution in [3.05, 3.63) is 90.0 Å². The topological polar surface area (TPSA) is 79.5 Å². The molecule has 0 aromatic heterocycles. The zero-order chi connectivity index (χ0) is 22.8. The van der Waals surface area contributed by atoms with Crippen LogP contribution in [0.2, 0.25) is 0 Å². The minimum absolute atomic E-state index is 0.0823. The van der Waals surface area contributed by atoms with Crippen LogP contribution in [0.1, 0.15) is 29.8 Å². The lowest BCUT2D eigenvalue weighted by atomic mass is 10.2. The van der Waals surface area contributed by atoms with Gasteiger partial charge >= 0.3 is 0 Å². The molecule has 0 saturated heterocycles. The summed E-state index contributed by atoms with van der Waals surface area (Å²) in [5.74, 6) is 0.486. The van der Waals surface area contributed by atoms with Crippen molar-refractivity contribution in [2.45, 2.75) is 26.3 Å². The maximum absolute atomic E-state index is 12.2. The summed E-state index contributed by atoms with van der Waals surface area (Å²) in [5, 5.41) is 8.76. The van der Waals surface area contributed by atoms with Crippen LogP contribution in [-0.2, 0) is 11.2 Å². The Labute approximate surface area is 189 Å². The molecular weight excluding hydrogens is 402 g/mol. The monoisotopic (exact) mass is 431 g/mol. The van der Waals surface area contributed by atoms with Crippen LogP contribution in [0.15, 0.2) is 78.9 Å². The molecule has 2 amide bonds. The zero-order valence-electron chi connectivity index (χ0n) is 18.4. The molecule has 0 unspecified atom stereocenters. The summed E-state index contributed by atoms with van der Waals surface area (Å²) in [6.45, 7) is 4.54. The molecule has 3 rings (SSSR count). The van der Waals surface area contributed by atoms with Crippen molar-refractivity contribution in [2.75, 3.05) is 23.8 Å². The molecule has 166 valence electrons. The number of hydrogen-bond acceptors (Lipinski definition) is 4. The Bertz CT molecular complexity index is 1000. The van der Waals surface area contributed by atoms with E-state index in [1.807, 2.05) is 56.3 Å². The van der Waals surface area contributed by atoms with Gasteiger partial charge in [-0.25, -0.2) is 0 Å². The van der Waals surface area contributed by atoms with Gasteiger partial charge in [0.25, 0.3) is 5.91 Å². The standard InChI is InChI=1S/C26H29N3O3/c1-19(2)28-26(31)21-8-10-22(11-9-21)27-18-25(30)29-23-12-14-24(15-13-23)32-17-16-20-6-4-3-5-7-20/h3-15,19,27H,16-18H2,1-2H3,(H,28,31)(H,29,30). The van der Waals surface area contributed by atoms with Crippen LogP contribution in [0, 0.1) is 0 Å². The second-order valence-corrected chi connectivity index (χ2v) is 7.72. The highest BCUT2D eigenvalue weighted by Gasteiger charge is 2.07. The highest BCUT2D eigenvalue weighted by molar-refractivity contribution is 5.95. The Morgan fingerprint density at radius 2 is 1.50 bits per heavy atom. The molecule has 3 N–H and O–H groups in total. The van der Waals surface area contributed by atoms with E-state index in [0.717, 1.165) is 17.9 Å². The molecule has 0 heterocycles. The number of hydrogen-bond donors (Lipinski definition) is 3. The Hall–Kier alpha value is -3.80. The Morgan fingerprint density at radius 1 is 0.844 bits per heavy atom. The summed E-state index contributed by atoms with van der Waals surface area (Å²) in [4.78, 5) is 24.2. The van der Waals surface area contributed by atoms with Gasteiger partial charge in [-0.15, -0.1) is 0 Å². The fourth-order valence-corrected chi connectivity index (χ4v) is 3.04. The second-order valence-electron chi connectivity index (χ2n) is 7.72. The first-order valence-electron chi connectivity index (χ1n) is 10.7. The maximum atomic E-state index is 12.2. The van der Waals surface area contributed by atoms with Crippen molar-refractivity contribution in [3.63, 3.8) is 0 Å². The van der Waals surface area contributed by atoms with Gasteiger partial charge in [-0.3, -0.25) is 9.59 Å². The molecule has 32 heavy (non-hydrogen) atoms. The Balaban J connectivity index is 1.40. The van der Waals surface area contributed by atoms with Crippen LogP contribution in [-0.4, -0.2) is 31.0 Å². The summed E-state index contributed by atoms with van der Waals surface area (Å²) in [6, 6.07) is 24.6. The van der Waals surface area contributed by atoms with E-state index in [9.17, 15) is 9.59 Å². The zero-order valence-corrected chi connectivity index (χ0v) is 18.4.